The second kappa shape index (κ2) is 7.89. The molecule has 0 heterocycles. The molecule has 1 unspecified atom stereocenters. The number of halogens is 1. The second-order valence-corrected chi connectivity index (χ2v) is 5.08. The van der Waals surface area contributed by atoms with E-state index in [1.807, 2.05) is 20.9 Å². The molecule has 0 bridgehead atoms. The van der Waals surface area contributed by atoms with E-state index < -0.39 is 0 Å². The van der Waals surface area contributed by atoms with Crippen LogP contribution in [0, 0.1) is 17.7 Å². The Balaban J connectivity index is 2.39. The molecule has 1 atom stereocenters. The van der Waals surface area contributed by atoms with E-state index in [4.69, 9.17) is 0 Å². The monoisotopic (exact) mass is 266 g/mol. The summed E-state index contributed by atoms with van der Waals surface area (Å²) < 4.78 is 12.7. The van der Waals surface area contributed by atoms with Crippen molar-refractivity contribution in [2.75, 3.05) is 20.1 Å². The maximum atomic E-state index is 12.7. The molecule has 1 rings (SSSR count). The highest BCUT2D eigenvalue weighted by Gasteiger charge is 2.20. The van der Waals surface area contributed by atoms with E-state index >= 15 is 0 Å². The second-order valence-electron chi connectivity index (χ2n) is 5.08. The summed E-state index contributed by atoms with van der Waals surface area (Å²) in [6, 6.07) is 6.37. The molecule has 19 heavy (non-hydrogen) atoms. The molecule has 0 spiro atoms. The summed E-state index contributed by atoms with van der Waals surface area (Å²) in [6.07, 6.45) is 0.719. The van der Waals surface area contributed by atoms with Crippen molar-refractivity contribution in [3.8, 4) is 0 Å². The van der Waals surface area contributed by atoms with Crippen molar-refractivity contribution in [1.82, 2.24) is 10.6 Å². The average molecular weight is 266 g/mol. The van der Waals surface area contributed by atoms with Gasteiger partial charge in [0.05, 0.1) is 5.92 Å². The van der Waals surface area contributed by atoms with Gasteiger partial charge < -0.3 is 10.6 Å². The summed E-state index contributed by atoms with van der Waals surface area (Å²) in [5.41, 5.74) is 1.02. The van der Waals surface area contributed by atoms with Gasteiger partial charge >= 0.3 is 0 Å². The van der Waals surface area contributed by atoms with Crippen LogP contribution in [0.1, 0.15) is 19.4 Å². The standard InChI is InChI=1S/C15H23FN2O/c1-11(2)14(10-17-3)15(19)18-9-8-12-4-6-13(16)7-5-12/h4-7,11,14,17H,8-10H2,1-3H3,(H,18,19). The third-order valence-corrected chi connectivity index (χ3v) is 3.19. The number of carbonyl (C=O) groups excluding carboxylic acids is 1. The van der Waals surface area contributed by atoms with E-state index in [9.17, 15) is 9.18 Å². The average Bonchev–Trinajstić information content (AvgIpc) is 2.37. The molecule has 106 valence electrons. The molecule has 0 aromatic heterocycles. The van der Waals surface area contributed by atoms with Crippen molar-refractivity contribution in [2.45, 2.75) is 20.3 Å². The summed E-state index contributed by atoms with van der Waals surface area (Å²) in [5, 5.41) is 5.98. The number of rotatable bonds is 7. The molecule has 3 nitrogen and oxygen atoms in total. The Morgan fingerprint density at radius 2 is 1.89 bits per heavy atom. The van der Waals surface area contributed by atoms with Gasteiger partial charge in [0, 0.05) is 13.1 Å². The quantitative estimate of drug-likeness (QED) is 0.792. The molecule has 2 N–H and O–H groups in total. The van der Waals surface area contributed by atoms with Crippen LogP contribution in [-0.4, -0.2) is 26.0 Å². The first kappa shape index (κ1) is 15.6. The first-order chi connectivity index (χ1) is 9.04. The molecule has 0 saturated heterocycles. The Morgan fingerprint density at radius 1 is 1.26 bits per heavy atom. The van der Waals surface area contributed by atoms with Gasteiger partial charge in [-0.1, -0.05) is 26.0 Å². The maximum Gasteiger partial charge on any atom is 0.224 e. The van der Waals surface area contributed by atoms with Gasteiger partial charge in [0.2, 0.25) is 5.91 Å². The zero-order valence-corrected chi connectivity index (χ0v) is 11.9. The number of hydrogen-bond donors (Lipinski definition) is 2. The van der Waals surface area contributed by atoms with Gasteiger partial charge in [0.25, 0.3) is 0 Å². The Kier molecular flexibility index (Phi) is 6.50. The van der Waals surface area contributed by atoms with E-state index in [2.05, 4.69) is 10.6 Å². The van der Waals surface area contributed by atoms with Crippen molar-refractivity contribution >= 4 is 5.91 Å². The van der Waals surface area contributed by atoms with Gasteiger partial charge in [-0.25, -0.2) is 4.39 Å². The summed E-state index contributed by atoms with van der Waals surface area (Å²) >= 11 is 0. The lowest BCUT2D eigenvalue weighted by Crippen LogP contribution is -2.39. The predicted octanol–water partition coefficient (Wildman–Crippen LogP) is 1.98. The van der Waals surface area contributed by atoms with Crippen LogP contribution in [0.5, 0.6) is 0 Å². The van der Waals surface area contributed by atoms with E-state index in [0.717, 1.165) is 12.0 Å². The summed E-state index contributed by atoms with van der Waals surface area (Å²) in [5.74, 6) is 0.129. The van der Waals surface area contributed by atoms with Gasteiger partial charge in [-0.2, -0.15) is 0 Å². The number of hydrogen-bond acceptors (Lipinski definition) is 2. The summed E-state index contributed by atoms with van der Waals surface area (Å²) in [6.45, 7) is 5.35. The van der Waals surface area contributed by atoms with Crippen LogP contribution in [-0.2, 0) is 11.2 Å². The maximum absolute atomic E-state index is 12.7. The Morgan fingerprint density at radius 3 is 2.42 bits per heavy atom. The van der Waals surface area contributed by atoms with Crippen molar-refractivity contribution in [1.29, 1.82) is 0 Å². The lowest BCUT2D eigenvalue weighted by molar-refractivity contribution is -0.126. The first-order valence-electron chi connectivity index (χ1n) is 6.71. The largest absolute Gasteiger partial charge is 0.355 e. The number of benzene rings is 1. The van der Waals surface area contributed by atoms with Gasteiger partial charge in [-0.15, -0.1) is 0 Å². The van der Waals surface area contributed by atoms with Crippen LogP contribution in [0.2, 0.25) is 0 Å². The Bertz CT molecular complexity index is 390. The lowest BCUT2D eigenvalue weighted by atomic mass is 9.95. The normalized spacial score (nSPS) is 12.5. The Hall–Kier alpha value is -1.42. The molecule has 0 fully saturated rings. The van der Waals surface area contributed by atoms with Crippen LogP contribution in [0.3, 0.4) is 0 Å². The molecule has 0 aliphatic carbocycles. The molecule has 1 amide bonds. The van der Waals surface area contributed by atoms with Crippen molar-refractivity contribution in [3.05, 3.63) is 35.6 Å². The van der Waals surface area contributed by atoms with Crippen molar-refractivity contribution < 1.29 is 9.18 Å². The topological polar surface area (TPSA) is 41.1 Å². The van der Waals surface area contributed by atoms with Crippen LogP contribution in [0.15, 0.2) is 24.3 Å². The molecular weight excluding hydrogens is 243 g/mol. The number of carbonyl (C=O) groups is 1. The first-order valence-corrected chi connectivity index (χ1v) is 6.71. The molecule has 0 saturated carbocycles. The predicted molar refractivity (Wildman–Crippen MR) is 75.4 cm³/mol. The molecule has 1 aromatic rings. The number of amides is 1. The SMILES string of the molecule is CNCC(C(=O)NCCc1ccc(F)cc1)C(C)C. The van der Waals surface area contributed by atoms with Crippen molar-refractivity contribution in [3.63, 3.8) is 0 Å². The minimum absolute atomic E-state index is 0.0155. The van der Waals surface area contributed by atoms with Crippen molar-refractivity contribution in [2.24, 2.45) is 11.8 Å². The van der Waals surface area contributed by atoms with E-state index in [-0.39, 0.29) is 17.6 Å². The molecule has 0 aliphatic heterocycles. The van der Waals surface area contributed by atoms with Crippen LogP contribution < -0.4 is 10.6 Å². The molecule has 0 radical (unpaired) electrons. The fourth-order valence-electron chi connectivity index (χ4n) is 1.96. The fraction of sp³-hybridized carbons (Fsp3) is 0.533. The minimum atomic E-state index is -0.235. The van der Waals surface area contributed by atoms with Crippen LogP contribution >= 0.6 is 0 Å². The summed E-state index contributed by atoms with van der Waals surface area (Å²) in [4.78, 5) is 12.0. The molecule has 0 aliphatic rings. The number of nitrogens with one attached hydrogen (secondary N) is 2. The van der Waals surface area contributed by atoms with E-state index in [1.54, 1.807) is 12.1 Å². The zero-order valence-electron chi connectivity index (χ0n) is 11.9. The minimum Gasteiger partial charge on any atom is -0.355 e. The van der Waals surface area contributed by atoms with E-state index in [1.165, 1.54) is 12.1 Å². The molecular formula is C15H23FN2O. The van der Waals surface area contributed by atoms with Gasteiger partial charge in [0.15, 0.2) is 0 Å². The van der Waals surface area contributed by atoms with E-state index in [0.29, 0.717) is 19.0 Å². The highest BCUT2D eigenvalue weighted by Crippen LogP contribution is 2.10. The molecule has 1 aromatic carbocycles. The Labute approximate surface area is 114 Å². The highest BCUT2D eigenvalue weighted by molar-refractivity contribution is 5.79. The third kappa shape index (κ3) is 5.39. The van der Waals surface area contributed by atoms with Gasteiger partial charge in [0.1, 0.15) is 5.82 Å². The van der Waals surface area contributed by atoms with Crippen LogP contribution in [0.4, 0.5) is 4.39 Å². The molecule has 4 heteroatoms. The fourth-order valence-corrected chi connectivity index (χ4v) is 1.96. The lowest BCUT2D eigenvalue weighted by Gasteiger charge is -2.19. The third-order valence-electron chi connectivity index (χ3n) is 3.19. The van der Waals surface area contributed by atoms with Gasteiger partial charge in [-0.05, 0) is 37.1 Å². The highest BCUT2D eigenvalue weighted by atomic mass is 19.1. The van der Waals surface area contributed by atoms with Crippen LogP contribution in [0.25, 0.3) is 0 Å². The summed E-state index contributed by atoms with van der Waals surface area (Å²) in [7, 11) is 1.85. The zero-order chi connectivity index (χ0) is 14.3. The smallest absolute Gasteiger partial charge is 0.224 e. The van der Waals surface area contributed by atoms with Gasteiger partial charge in [-0.3, -0.25) is 4.79 Å².